The Hall–Kier alpha value is -2.79. The zero-order valence-electron chi connectivity index (χ0n) is 13.9. The van der Waals surface area contributed by atoms with Gasteiger partial charge in [0.05, 0.1) is 23.0 Å². The largest absolute Gasteiger partial charge is 0.434 e. The van der Waals surface area contributed by atoms with E-state index in [2.05, 4.69) is 9.97 Å². The second-order valence-corrected chi connectivity index (χ2v) is 7.57. The van der Waals surface area contributed by atoms with Gasteiger partial charge >= 0.3 is 11.6 Å². The molecule has 1 aliphatic heterocycles. The molecule has 10 nitrogen and oxygen atoms in total. The summed E-state index contributed by atoms with van der Waals surface area (Å²) >= 11 is 0. The normalized spacial score (nSPS) is 14.9. The fraction of sp³-hybridized carbons (Fsp3) is 0.333. The summed E-state index contributed by atoms with van der Waals surface area (Å²) in [6.45, 7) is 1.84. The first-order valence-corrected chi connectivity index (χ1v) is 9.55. The second-order valence-electron chi connectivity index (χ2n) is 5.55. The van der Waals surface area contributed by atoms with E-state index in [-0.39, 0.29) is 28.0 Å². The van der Waals surface area contributed by atoms with Crippen LogP contribution in [0.3, 0.4) is 0 Å². The second kappa shape index (κ2) is 7.22. The molecule has 1 saturated heterocycles. The summed E-state index contributed by atoms with van der Waals surface area (Å²) in [6, 6.07) is 5.55. The van der Waals surface area contributed by atoms with Gasteiger partial charge in [0.25, 0.3) is 0 Å². The first kappa shape index (κ1) is 18.0. The number of morpholine rings is 1. The predicted octanol–water partition coefficient (Wildman–Crippen LogP) is 1.42. The van der Waals surface area contributed by atoms with Crippen LogP contribution in [0.15, 0.2) is 35.5 Å². The number of ether oxygens (including phenoxy) is 2. The lowest BCUT2D eigenvalue weighted by molar-refractivity contribution is -0.385. The van der Waals surface area contributed by atoms with Crippen molar-refractivity contribution in [3.63, 3.8) is 0 Å². The number of rotatable bonds is 5. The van der Waals surface area contributed by atoms with Gasteiger partial charge in [-0.05, 0) is 24.3 Å². The molecule has 0 unspecified atom stereocenters. The molecule has 26 heavy (non-hydrogen) atoms. The Morgan fingerprint density at radius 3 is 2.42 bits per heavy atom. The monoisotopic (exact) mass is 380 g/mol. The van der Waals surface area contributed by atoms with Crippen LogP contribution in [0.2, 0.25) is 0 Å². The maximum atomic E-state index is 11.6. The minimum absolute atomic E-state index is 0.121. The number of hydrogen-bond donors (Lipinski definition) is 0. The molecule has 0 spiro atoms. The molecule has 0 N–H and O–H groups in total. The van der Waals surface area contributed by atoms with Gasteiger partial charge in [-0.3, -0.25) is 10.1 Å². The van der Waals surface area contributed by atoms with Crippen LogP contribution in [0.5, 0.6) is 11.6 Å². The average molecular weight is 380 g/mol. The smallest absolute Gasteiger partial charge is 0.373 e. The van der Waals surface area contributed by atoms with E-state index >= 15 is 0 Å². The van der Waals surface area contributed by atoms with Crippen molar-refractivity contribution in [2.45, 2.75) is 4.90 Å². The third kappa shape index (κ3) is 3.89. The molecule has 1 aliphatic rings. The van der Waals surface area contributed by atoms with Crippen molar-refractivity contribution in [1.82, 2.24) is 9.97 Å². The number of sulfone groups is 1. The summed E-state index contributed by atoms with van der Waals surface area (Å²) in [5.74, 6) is 0.182. The van der Waals surface area contributed by atoms with Gasteiger partial charge in [-0.1, -0.05) is 0 Å². The Morgan fingerprint density at radius 2 is 1.85 bits per heavy atom. The van der Waals surface area contributed by atoms with Gasteiger partial charge in [-0.2, -0.15) is 4.98 Å². The minimum atomic E-state index is -3.34. The van der Waals surface area contributed by atoms with Crippen molar-refractivity contribution in [2.24, 2.45) is 0 Å². The van der Waals surface area contributed by atoms with Crippen molar-refractivity contribution in [1.29, 1.82) is 0 Å². The topological polar surface area (TPSA) is 125 Å². The lowest BCUT2D eigenvalue weighted by Crippen LogP contribution is -2.37. The summed E-state index contributed by atoms with van der Waals surface area (Å²) in [6.07, 6.45) is 2.28. The highest BCUT2D eigenvalue weighted by molar-refractivity contribution is 7.90. The third-order valence-electron chi connectivity index (χ3n) is 3.73. The van der Waals surface area contributed by atoms with E-state index < -0.39 is 14.8 Å². The molecule has 11 heteroatoms. The molecule has 2 aromatic rings. The Labute approximate surface area is 149 Å². The fourth-order valence-corrected chi connectivity index (χ4v) is 3.09. The van der Waals surface area contributed by atoms with Crippen LogP contribution < -0.4 is 9.64 Å². The predicted molar refractivity (Wildman–Crippen MR) is 91.3 cm³/mol. The molecule has 0 bridgehead atoms. The van der Waals surface area contributed by atoms with E-state index in [1.165, 1.54) is 30.6 Å². The highest BCUT2D eigenvalue weighted by Crippen LogP contribution is 2.36. The maximum absolute atomic E-state index is 11.6. The van der Waals surface area contributed by atoms with Gasteiger partial charge in [0.2, 0.25) is 5.82 Å². The molecule has 1 aromatic heterocycles. The molecule has 0 radical (unpaired) electrons. The molecule has 2 heterocycles. The molecule has 1 fully saturated rings. The van der Waals surface area contributed by atoms with Crippen LogP contribution in [0.4, 0.5) is 11.5 Å². The molecular formula is C15H16N4O6S. The average Bonchev–Trinajstić information content (AvgIpc) is 2.62. The van der Waals surface area contributed by atoms with Crippen molar-refractivity contribution in [2.75, 3.05) is 37.5 Å². The van der Waals surface area contributed by atoms with Crippen molar-refractivity contribution >= 4 is 21.3 Å². The van der Waals surface area contributed by atoms with E-state index in [0.29, 0.717) is 26.3 Å². The first-order chi connectivity index (χ1) is 12.4. The number of benzene rings is 1. The molecule has 1 aromatic carbocycles. The number of aromatic nitrogens is 2. The molecule has 0 saturated carbocycles. The summed E-state index contributed by atoms with van der Waals surface area (Å²) in [5, 5.41) is 11.6. The van der Waals surface area contributed by atoms with Gasteiger partial charge in [0, 0.05) is 19.3 Å². The van der Waals surface area contributed by atoms with Crippen LogP contribution >= 0.6 is 0 Å². The van der Waals surface area contributed by atoms with Crippen molar-refractivity contribution in [3.8, 4) is 11.6 Å². The van der Waals surface area contributed by atoms with Gasteiger partial charge in [0.15, 0.2) is 9.84 Å². The van der Waals surface area contributed by atoms with Crippen LogP contribution in [-0.4, -0.2) is 55.9 Å². The molecule has 138 valence electrons. The quantitative estimate of drug-likeness (QED) is 0.559. The van der Waals surface area contributed by atoms with Crippen molar-refractivity contribution < 1.29 is 22.8 Å². The Bertz CT molecular complexity index is 910. The standard InChI is InChI=1S/C15H16N4O6S/c1-26(22,23)12-4-2-11(3-5-12)25-15-13(19(20)21)14(16-10-17-15)18-6-8-24-9-7-18/h2-5,10H,6-9H2,1H3. The minimum Gasteiger partial charge on any atom is -0.434 e. The fourth-order valence-electron chi connectivity index (χ4n) is 2.46. The van der Waals surface area contributed by atoms with Crippen LogP contribution in [0, 0.1) is 10.1 Å². The summed E-state index contributed by atoms with van der Waals surface area (Å²) in [4.78, 5) is 20.7. The number of nitro groups is 1. The Balaban J connectivity index is 1.93. The Morgan fingerprint density at radius 1 is 1.19 bits per heavy atom. The van der Waals surface area contributed by atoms with Crippen LogP contribution in [-0.2, 0) is 14.6 Å². The number of anilines is 1. The van der Waals surface area contributed by atoms with E-state index in [4.69, 9.17) is 9.47 Å². The maximum Gasteiger partial charge on any atom is 0.373 e. The van der Waals surface area contributed by atoms with Crippen LogP contribution in [0.25, 0.3) is 0 Å². The highest BCUT2D eigenvalue weighted by atomic mass is 32.2. The number of nitrogens with zero attached hydrogens (tertiary/aromatic N) is 4. The zero-order chi connectivity index (χ0) is 18.7. The lowest BCUT2D eigenvalue weighted by Gasteiger charge is -2.27. The van der Waals surface area contributed by atoms with Gasteiger partial charge in [0.1, 0.15) is 12.1 Å². The van der Waals surface area contributed by atoms with Crippen molar-refractivity contribution in [3.05, 3.63) is 40.7 Å². The number of hydrogen-bond acceptors (Lipinski definition) is 9. The summed E-state index contributed by atoms with van der Waals surface area (Å²) in [5.41, 5.74) is -0.346. The summed E-state index contributed by atoms with van der Waals surface area (Å²) in [7, 11) is -3.34. The zero-order valence-corrected chi connectivity index (χ0v) is 14.7. The molecule has 0 atom stereocenters. The first-order valence-electron chi connectivity index (χ1n) is 7.66. The summed E-state index contributed by atoms with van der Waals surface area (Å²) < 4.78 is 33.8. The highest BCUT2D eigenvalue weighted by Gasteiger charge is 2.29. The van der Waals surface area contributed by atoms with Crippen LogP contribution in [0.1, 0.15) is 0 Å². The van der Waals surface area contributed by atoms with Gasteiger partial charge in [-0.25, -0.2) is 13.4 Å². The molecule has 3 rings (SSSR count). The van der Waals surface area contributed by atoms with E-state index in [1.807, 2.05) is 0 Å². The molecule has 0 amide bonds. The van der Waals surface area contributed by atoms with Gasteiger partial charge in [-0.15, -0.1) is 0 Å². The Kier molecular flexibility index (Phi) is 5.00. The third-order valence-corrected chi connectivity index (χ3v) is 4.86. The lowest BCUT2D eigenvalue weighted by atomic mass is 10.3. The van der Waals surface area contributed by atoms with E-state index in [1.54, 1.807) is 4.90 Å². The SMILES string of the molecule is CS(=O)(=O)c1ccc(Oc2ncnc(N3CCOCC3)c2[N+](=O)[O-])cc1. The van der Waals surface area contributed by atoms with E-state index in [0.717, 1.165) is 6.26 Å². The van der Waals surface area contributed by atoms with E-state index in [9.17, 15) is 18.5 Å². The molecule has 0 aliphatic carbocycles. The molecular weight excluding hydrogens is 364 g/mol. The van der Waals surface area contributed by atoms with Gasteiger partial charge < -0.3 is 14.4 Å².